The van der Waals surface area contributed by atoms with E-state index in [0.29, 0.717) is 35.2 Å². The first-order chi connectivity index (χ1) is 13.2. The molecule has 27 heavy (non-hydrogen) atoms. The van der Waals surface area contributed by atoms with Crippen molar-refractivity contribution in [1.82, 2.24) is 9.97 Å². The van der Waals surface area contributed by atoms with Gasteiger partial charge in [0.25, 0.3) is 0 Å². The Morgan fingerprint density at radius 2 is 1.78 bits per heavy atom. The average molecular weight is 361 g/mol. The van der Waals surface area contributed by atoms with Crippen LogP contribution in [0.15, 0.2) is 54.9 Å². The molecule has 0 radical (unpaired) electrons. The van der Waals surface area contributed by atoms with Crippen LogP contribution in [0.1, 0.15) is 11.1 Å². The molecule has 7 nitrogen and oxygen atoms in total. The molecule has 0 fully saturated rings. The molecule has 3 rings (SSSR count). The molecule has 0 atom stereocenters. The van der Waals surface area contributed by atoms with Crippen molar-refractivity contribution in [3.05, 3.63) is 66.0 Å². The van der Waals surface area contributed by atoms with E-state index in [2.05, 4.69) is 26.7 Å². The van der Waals surface area contributed by atoms with Gasteiger partial charge in [-0.25, -0.2) is 9.97 Å². The number of aromatic nitrogens is 2. The van der Waals surface area contributed by atoms with E-state index in [4.69, 9.17) is 14.7 Å². The maximum atomic E-state index is 8.99. The summed E-state index contributed by atoms with van der Waals surface area (Å²) in [5.41, 5.74) is 2.40. The van der Waals surface area contributed by atoms with E-state index in [9.17, 15) is 0 Å². The first-order valence-electron chi connectivity index (χ1n) is 8.26. The Bertz CT molecular complexity index is 969. The molecule has 0 saturated heterocycles. The molecule has 0 unspecified atom stereocenters. The van der Waals surface area contributed by atoms with Gasteiger partial charge < -0.3 is 20.1 Å². The molecule has 0 amide bonds. The van der Waals surface area contributed by atoms with Crippen LogP contribution >= 0.6 is 0 Å². The van der Waals surface area contributed by atoms with Crippen molar-refractivity contribution in [2.45, 2.75) is 6.54 Å². The van der Waals surface area contributed by atoms with Crippen molar-refractivity contribution in [1.29, 1.82) is 5.26 Å². The van der Waals surface area contributed by atoms with Crippen LogP contribution in [0.25, 0.3) is 0 Å². The minimum absolute atomic E-state index is 0.570. The standard InChI is InChI=1S/C20H19N5O2/c1-26-17-7-6-15(9-18(17)27-2)12-22-19-10-20(24-13-23-19)25-16-5-3-4-14(8-16)11-21/h3-10,13H,12H2,1-2H3,(H2,22,23,24,25). The third-order valence-electron chi connectivity index (χ3n) is 3.85. The van der Waals surface area contributed by atoms with E-state index in [0.717, 1.165) is 11.3 Å². The number of hydrogen-bond acceptors (Lipinski definition) is 7. The number of benzene rings is 2. The fourth-order valence-corrected chi connectivity index (χ4v) is 2.52. The van der Waals surface area contributed by atoms with Crippen LogP contribution in [0.4, 0.5) is 17.3 Å². The van der Waals surface area contributed by atoms with Crippen molar-refractivity contribution in [2.75, 3.05) is 24.9 Å². The number of hydrogen-bond donors (Lipinski definition) is 2. The lowest BCUT2D eigenvalue weighted by molar-refractivity contribution is 0.354. The van der Waals surface area contributed by atoms with Crippen molar-refractivity contribution >= 4 is 17.3 Å². The maximum Gasteiger partial charge on any atom is 0.161 e. The fourth-order valence-electron chi connectivity index (χ4n) is 2.52. The summed E-state index contributed by atoms with van der Waals surface area (Å²) < 4.78 is 10.6. The number of nitrogens with one attached hydrogen (secondary N) is 2. The summed E-state index contributed by atoms with van der Waals surface area (Å²) >= 11 is 0. The second-order valence-corrected chi connectivity index (χ2v) is 5.65. The van der Waals surface area contributed by atoms with Gasteiger partial charge in [0, 0.05) is 18.3 Å². The van der Waals surface area contributed by atoms with Gasteiger partial charge in [0.1, 0.15) is 18.0 Å². The summed E-state index contributed by atoms with van der Waals surface area (Å²) in [5.74, 6) is 2.68. The fraction of sp³-hybridized carbons (Fsp3) is 0.150. The zero-order valence-electron chi connectivity index (χ0n) is 15.1. The molecule has 2 N–H and O–H groups in total. The third kappa shape index (κ3) is 4.64. The molecular weight excluding hydrogens is 342 g/mol. The summed E-state index contributed by atoms with van der Waals surface area (Å²) in [5, 5.41) is 15.4. The molecule has 0 saturated carbocycles. The smallest absolute Gasteiger partial charge is 0.161 e. The lowest BCUT2D eigenvalue weighted by atomic mass is 10.2. The number of rotatable bonds is 7. The summed E-state index contributed by atoms with van der Waals surface area (Å²) in [4.78, 5) is 8.45. The van der Waals surface area contributed by atoms with Gasteiger partial charge >= 0.3 is 0 Å². The highest BCUT2D eigenvalue weighted by Gasteiger charge is 2.05. The SMILES string of the molecule is COc1ccc(CNc2cc(Nc3cccc(C#N)c3)ncn2)cc1OC. The summed E-state index contributed by atoms with van der Waals surface area (Å²) in [6, 6.07) is 16.9. The lowest BCUT2D eigenvalue weighted by Crippen LogP contribution is -2.03. The van der Waals surface area contributed by atoms with Gasteiger partial charge in [-0.15, -0.1) is 0 Å². The van der Waals surface area contributed by atoms with Crippen LogP contribution < -0.4 is 20.1 Å². The van der Waals surface area contributed by atoms with Gasteiger partial charge in [-0.05, 0) is 35.9 Å². The summed E-state index contributed by atoms with van der Waals surface area (Å²) in [7, 11) is 3.22. The van der Waals surface area contributed by atoms with E-state index >= 15 is 0 Å². The molecule has 7 heteroatoms. The van der Waals surface area contributed by atoms with Crippen LogP contribution in [0.2, 0.25) is 0 Å². The first-order valence-corrected chi connectivity index (χ1v) is 8.26. The molecule has 0 aliphatic heterocycles. The largest absolute Gasteiger partial charge is 0.493 e. The van der Waals surface area contributed by atoms with Crippen LogP contribution in [-0.4, -0.2) is 24.2 Å². The molecule has 3 aromatic rings. The van der Waals surface area contributed by atoms with Gasteiger partial charge in [0.05, 0.1) is 25.9 Å². The van der Waals surface area contributed by atoms with Gasteiger partial charge in [-0.1, -0.05) is 12.1 Å². The van der Waals surface area contributed by atoms with E-state index in [1.807, 2.05) is 30.3 Å². The van der Waals surface area contributed by atoms with Gasteiger partial charge in [-0.3, -0.25) is 0 Å². The number of nitriles is 1. The van der Waals surface area contributed by atoms with Crippen LogP contribution in [0.3, 0.4) is 0 Å². The van der Waals surface area contributed by atoms with Crippen LogP contribution in [0, 0.1) is 11.3 Å². The zero-order chi connectivity index (χ0) is 19.1. The number of nitrogens with zero attached hydrogens (tertiary/aromatic N) is 3. The molecule has 1 aromatic heterocycles. The van der Waals surface area contributed by atoms with Crippen molar-refractivity contribution < 1.29 is 9.47 Å². The van der Waals surface area contributed by atoms with Crippen LogP contribution in [0.5, 0.6) is 11.5 Å². The maximum absolute atomic E-state index is 8.99. The molecule has 0 bridgehead atoms. The highest BCUT2D eigenvalue weighted by atomic mass is 16.5. The van der Waals surface area contributed by atoms with E-state index in [1.165, 1.54) is 6.33 Å². The van der Waals surface area contributed by atoms with Crippen molar-refractivity contribution in [2.24, 2.45) is 0 Å². The topological polar surface area (TPSA) is 92.1 Å². The number of anilines is 3. The second kappa shape index (κ2) is 8.54. The zero-order valence-corrected chi connectivity index (χ0v) is 15.1. The molecular formula is C20H19N5O2. The van der Waals surface area contributed by atoms with Crippen molar-refractivity contribution in [3.63, 3.8) is 0 Å². The van der Waals surface area contributed by atoms with Crippen LogP contribution in [-0.2, 0) is 6.54 Å². The lowest BCUT2D eigenvalue weighted by Gasteiger charge is -2.11. The van der Waals surface area contributed by atoms with E-state index in [-0.39, 0.29) is 0 Å². The van der Waals surface area contributed by atoms with Crippen molar-refractivity contribution in [3.8, 4) is 17.6 Å². The van der Waals surface area contributed by atoms with E-state index in [1.54, 1.807) is 32.4 Å². The van der Waals surface area contributed by atoms with Gasteiger partial charge in [0.15, 0.2) is 11.5 Å². The predicted octanol–water partition coefficient (Wildman–Crippen LogP) is 3.72. The van der Waals surface area contributed by atoms with Gasteiger partial charge in [-0.2, -0.15) is 5.26 Å². The highest BCUT2D eigenvalue weighted by Crippen LogP contribution is 2.27. The molecule has 0 spiro atoms. The van der Waals surface area contributed by atoms with Gasteiger partial charge in [0.2, 0.25) is 0 Å². The normalized spacial score (nSPS) is 9.96. The Balaban J connectivity index is 1.68. The minimum atomic E-state index is 0.570. The molecule has 0 aliphatic carbocycles. The predicted molar refractivity (Wildman–Crippen MR) is 103 cm³/mol. The summed E-state index contributed by atoms with van der Waals surface area (Å²) in [6.07, 6.45) is 1.48. The Hall–Kier alpha value is -3.79. The monoisotopic (exact) mass is 361 g/mol. The highest BCUT2D eigenvalue weighted by molar-refractivity contribution is 5.60. The summed E-state index contributed by atoms with van der Waals surface area (Å²) in [6.45, 7) is 0.570. The van der Waals surface area contributed by atoms with E-state index < -0.39 is 0 Å². The third-order valence-corrected chi connectivity index (χ3v) is 3.85. The quantitative estimate of drug-likeness (QED) is 0.662. The first kappa shape index (κ1) is 18.0. The Morgan fingerprint density at radius 3 is 2.56 bits per heavy atom. The average Bonchev–Trinajstić information content (AvgIpc) is 2.72. The minimum Gasteiger partial charge on any atom is -0.493 e. The molecule has 1 heterocycles. The number of ether oxygens (including phenoxy) is 2. The Labute approximate surface area is 157 Å². The second-order valence-electron chi connectivity index (χ2n) is 5.65. The number of methoxy groups -OCH3 is 2. The molecule has 0 aliphatic rings. The molecule has 2 aromatic carbocycles. The Morgan fingerprint density at radius 1 is 0.963 bits per heavy atom. The Kier molecular flexibility index (Phi) is 5.70. The molecule has 136 valence electrons.